The van der Waals surface area contributed by atoms with Gasteiger partial charge in [0.25, 0.3) is 0 Å². The highest BCUT2D eigenvalue weighted by atomic mass is 32.2. The van der Waals surface area contributed by atoms with Gasteiger partial charge >= 0.3 is 0 Å². The van der Waals surface area contributed by atoms with Gasteiger partial charge in [0.2, 0.25) is 15.9 Å². The molecule has 0 bridgehead atoms. The molecule has 2 N–H and O–H groups in total. The zero-order valence-corrected chi connectivity index (χ0v) is 14.9. The highest BCUT2D eigenvalue weighted by molar-refractivity contribution is 7.89. The number of nitrogens with zero attached hydrogens (tertiary/aromatic N) is 1. The van der Waals surface area contributed by atoms with Gasteiger partial charge in [-0.1, -0.05) is 12.1 Å². The normalized spacial score (nSPS) is 21.3. The summed E-state index contributed by atoms with van der Waals surface area (Å²) in [7, 11) is -0.382. The third kappa shape index (κ3) is 4.10. The fourth-order valence-corrected chi connectivity index (χ4v) is 3.74. The van der Waals surface area contributed by atoms with Crippen molar-refractivity contribution in [1.29, 1.82) is 0 Å². The van der Waals surface area contributed by atoms with Crippen molar-refractivity contribution in [2.24, 2.45) is 0 Å². The van der Waals surface area contributed by atoms with Gasteiger partial charge in [-0.25, -0.2) is 12.7 Å². The molecule has 0 saturated carbocycles. The zero-order valence-electron chi connectivity index (χ0n) is 14.1. The predicted molar refractivity (Wildman–Crippen MR) is 89.4 cm³/mol. The molecule has 1 saturated heterocycles. The Bertz CT molecular complexity index is 684. The summed E-state index contributed by atoms with van der Waals surface area (Å²) in [5.41, 5.74) is 0.587. The van der Waals surface area contributed by atoms with Crippen molar-refractivity contribution in [3.05, 3.63) is 29.8 Å². The van der Waals surface area contributed by atoms with E-state index in [0.29, 0.717) is 13.0 Å². The summed E-state index contributed by atoms with van der Waals surface area (Å²) in [4.78, 5) is 11.8. The summed E-state index contributed by atoms with van der Waals surface area (Å²) in [5, 5.41) is 6.42. The van der Waals surface area contributed by atoms with E-state index in [2.05, 4.69) is 10.6 Å². The van der Waals surface area contributed by atoms with Crippen molar-refractivity contribution in [2.75, 3.05) is 14.1 Å². The molecule has 1 heterocycles. The van der Waals surface area contributed by atoms with E-state index >= 15 is 0 Å². The number of amides is 1. The van der Waals surface area contributed by atoms with E-state index < -0.39 is 10.0 Å². The van der Waals surface area contributed by atoms with Crippen LogP contribution in [0, 0.1) is 0 Å². The summed E-state index contributed by atoms with van der Waals surface area (Å²) in [5.74, 6) is 0.0760. The Morgan fingerprint density at radius 1 is 1.35 bits per heavy atom. The number of carbonyl (C=O) groups is 1. The Labute approximate surface area is 138 Å². The van der Waals surface area contributed by atoms with Crippen LogP contribution in [0.25, 0.3) is 0 Å². The molecule has 7 heteroatoms. The Morgan fingerprint density at radius 3 is 2.65 bits per heavy atom. The fourth-order valence-electron chi connectivity index (χ4n) is 2.77. The molecule has 1 amide bonds. The molecule has 0 spiro atoms. The van der Waals surface area contributed by atoms with Crippen LogP contribution in [-0.2, 0) is 21.4 Å². The molecule has 1 atom stereocenters. The number of sulfonamides is 1. The molecule has 6 nitrogen and oxygen atoms in total. The van der Waals surface area contributed by atoms with Crippen molar-refractivity contribution in [2.45, 2.75) is 49.7 Å². The van der Waals surface area contributed by atoms with Gasteiger partial charge in [-0.3, -0.25) is 4.79 Å². The summed E-state index contributed by atoms with van der Waals surface area (Å²) in [6.07, 6.45) is 1.28. The lowest BCUT2D eigenvalue weighted by Gasteiger charge is -2.39. The lowest BCUT2D eigenvalue weighted by Crippen LogP contribution is -2.60. The minimum absolute atomic E-state index is 0.0760. The molecule has 1 aromatic carbocycles. The Morgan fingerprint density at radius 2 is 2.04 bits per heavy atom. The second kappa shape index (κ2) is 6.59. The quantitative estimate of drug-likeness (QED) is 0.841. The maximum Gasteiger partial charge on any atom is 0.242 e. The van der Waals surface area contributed by atoms with Gasteiger partial charge in [0, 0.05) is 38.6 Å². The van der Waals surface area contributed by atoms with Gasteiger partial charge in [-0.05, 0) is 38.0 Å². The Balaban J connectivity index is 2.09. The van der Waals surface area contributed by atoms with Crippen molar-refractivity contribution < 1.29 is 13.2 Å². The van der Waals surface area contributed by atoms with Gasteiger partial charge in [0.1, 0.15) is 0 Å². The molecule has 1 fully saturated rings. The summed E-state index contributed by atoms with van der Waals surface area (Å²) < 4.78 is 25.6. The van der Waals surface area contributed by atoms with Crippen molar-refractivity contribution in [3.8, 4) is 0 Å². The molecule has 1 unspecified atom stereocenters. The summed E-state index contributed by atoms with van der Waals surface area (Å²) >= 11 is 0. The van der Waals surface area contributed by atoms with E-state index in [1.807, 2.05) is 19.9 Å². The first-order valence-corrected chi connectivity index (χ1v) is 9.13. The summed E-state index contributed by atoms with van der Waals surface area (Å²) in [6.45, 7) is 4.55. The Hall–Kier alpha value is -1.44. The molecular formula is C16H25N3O3S. The van der Waals surface area contributed by atoms with Gasteiger partial charge in [0.15, 0.2) is 0 Å². The number of hydrogen-bond donors (Lipinski definition) is 2. The average molecular weight is 339 g/mol. The largest absolute Gasteiger partial charge is 0.350 e. The monoisotopic (exact) mass is 339 g/mol. The SMILES string of the molecule is CN(C)S(=O)(=O)c1cccc(CNC2CCC(=O)NC2(C)C)c1. The highest BCUT2D eigenvalue weighted by Crippen LogP contribution is 2.21. The van der Waals surface area contributed by atoms with Crippen LogP contribution in [0.5, 0.6) is 0 Å². The van der Waals surface area contributed by atoms with Crippen LogP contribution in [0.3, 0.4) is 0 Å². The molecular weight excluding hydrogens is 314 g/mol. The molecule has 0 radical (unpaired) electrons. The molecule has 0 aromatic heterocycles. The lowest BCUT2D eigenvalue weighted by atomic mass is 9.87. The predicted octanol–water partition coefficient (Wildman–Crippen LogP) is 1.08. The highest BCUT2D eigenvalue weighted by Gasteiger charge is 2.34. The van der Waals surface area contributed by atoms with E-state index in [-0.39, 0.29) is 22.4 Å². The van der Waals surface area contributed by atoms with Crippen LogP contribution in [0.4, 0.5) is 0 Å². The van der Waals surface area contributed by atoms with E-state index in [1.165, 1.54) is 18.4 Å². The van der Waals surface area contributed by atoms with Crippen LogP contribution in [0.2, 0.25) is 0 Å². The number of nitrogens with one attached hydrogen (secondary N) is 2. The van der Waals surface area contributed by atoms with Crippen LogP contribution < -0.4 is 10.6 Å². The second-order valence-corrected chi connectivity index (χ2v) is 8.83. The number of carbonyl (C=O) groups excluding carboxylic acids is 1. The van der Waals surface area contributed by atoms with Gasteiger partial charge in [-0.2, -0.15) is 0 Å². The first-order chi connectivity index (χ1) is 10.6. The third-order valence-electron chi connectivity index (χ3n) is 4.22. The number of benzene rings is 1. The van der Waals surface area contributed by atoms with Crippen LogP contribution in [-0.4, -0.2) is 44.3 Å². The van der Waals surface area contributed by atoms with Crippen molar-refractivity contribution in [1.82, 2.24) is 14.9 Å². The van der Waals surface area contributed by atoms with Crippen LogP contribution >= 0.6 is 0 Å². The lowest BCUT2D eigenvalue weighted by molar-refractivity contribution is -0.125. The molecule has 2 rings (SSSR count). The third-order valence-corrected chi connectivity index (χ3v) is 6.03. The van der Waals surface area contributed by atoms with Crippen LogP contribution in [0.15, 0.2) is 29.2 Å². The Kier molecular flexibility index (Phi) is 5.13. The molecule has 0 aliphatic carbocycles. The number of hydrogen-bond acceptors (Lipinski definition) is 4. The van der Waals surface area contributed by atoms with Crippen molar-refractivity contribution in [3.63, 3.8) is 0 Å². The van der Waals surface area contributed by atoms with E-state index in [9.17, 15) is 13.2 Å². The average Bonchev–Trinajstić information content (AvgIpc) is 2.45. The molecule has 128 valence electrons. The standard InChI is InChI=1S/C16H25N3O3S/c1-16(2)14(8-9-15(20)18-16)17-11-12-6-5-7-13(10-12)23(21,22)19(3)4/h5-7,10,14,17H,8-9,11H2,1-4H3,(H,18,20). The minimum Gasteiger partial charge on any atom is -0.350 e. The van der Waals surface area contributed by atoms with E-state index in [4.69, 9.17) is 0 Å². The van der Waals surface area contributed by atoms with Gasteiger partial charge in [-0.15, -0.1) is 0 Å². The molecule has 23 heavy (non-hydrogen) atoms. The minimum atomic E-state index is -3.42. The molecule has 1 aliphatic heterocycles. The maximum absolute atomic E-state index is 12.2. The van der Waals surface area contributed by atoms with Crippen molar-refractivity contribution >= 4 is 15.9 Å². The van der Waals surface area contributed by atoms with E-state index in [1.54, 1.807) is 18.2 Å². The molecule has 1 aromatic rings. The number of piperidine rings is 1. The first kappa shape index (κ1) is 17.9. The van der Waals surface area contributed by atoms with Crippen LogP contribution in [0.1, 0.15) is 32.3 Å². The van der Waals surface area contributed by atoms with Gasteiger partial charge in [0.05, 0.1) is 4.90 Å². The zero-order chi connectivity index (χ0) is 17.3. The van der Waals surface area contributed by atoms with Gasteiger partial charge < -0.3 is 10.6 Å². The maximum atomic E-state index is 12.2. The topological polar surface area (TPSA) is 78.5 Å². The summed E-state index contributed by atoms with van der Waals surface area (Å²) in [6, 6.07) is 7.09. The second-order valence-electron chi connectivity index (χ2n) is 6.68. The molecule has 1 aliphatic rings. The first-order valence-electron chi connectivity index (χ1n) is 7.69. The fraction of sp³-hybridized carbons (Fsp3) is 0.562. The number of rotatable bonds is 5. The van der Waals surface area contributed by atoms with E-state index in [0.717, 1.165) is 12.0 Å². The smallest absolute Gasteiger partial charge is 0.242 e.